The van der Waals surface area contributed by atoms with Crippen LogP contribution in [-0.4, -0.2) is 20.9 Å². The molecule has 0 radical (unpaired) electrons. The number of carbonyl (C=O) groups is 1. The van der Waals surface area contributed by atoms with Gasteiger partial charge in [0.15, 0.2) is 0 Å². The van der Waals surface area contributed by atoms with E-state index in [1.165, 1.54) is 17.7 Å². The number of hydrogen-bond acceptors (Lipinski definition) is 2. The highest BCUT2D eigenvalue weighted by atomic mass is 16.4. The first-order chi connectivity index (χ1) is 8.09. The van der Waals surface area contributed by atoms with Crippen LogP contribution in [0.3, 0.4) is 0 Å². The van der Waals surface area contributed by atoms with E-state index in [-0.39, 0.29) is 5.56 Å². The molecule has 0 spiro atoms. The van der Waals surface area contributed by atoms with Crippen molar-refractivity contribution in [3.05, 3.63) is 52.4 Å². The zero-order chi connectivity index (χ0) is 12.4. The lowest BCUT2D eigenvalue weighted by Crippen LogP contribution is -2.13. The number of carboxylic acid groups (broad SMARTS) is 1. The maximum atomic E-state index is 11.7. The van der Waals surface area contributed by atoms with Crippen LogP contribution in [0.4, 0.5) is 0 Å². The molecule has 1 atom stereocenters. The highest BCUT2D eigenvalue weighted by molar-refractivity contribution is 5.74. The summed E-state index contributed by atoms with van der Waals surface area (Å²) in [6.45, 7) is 1.53. The van der Waals surface area contributed by atoms with Crippen LogP contribution in [0.25, 0.3) is 5.69 Å². The first kappa shape index (κ1) is 11.2. The molecule has 0 aliphatic heterocycles. The largest absolute Gasteiger partial charge is 0.481 e. The second kappa shape index (κ2) is 4.29. The topological polar surface area (TPSA) is 75.1 Å². The minimum absolute atomic E-state index is 0.265. The number of benzene rings is 1. The Balaban J connectivity index is 2.45. The van der Waals surface area contributed by atoms with E-state index >= 15 is 0 Å². The summed E-state index contributed by atoms with van der Waals surface area (Å²) < 4.78 is 1.33. The number of aromatic nitrogens is 2. The molecule has 0 bridgehead atoms. The highest BCUT2D eigenvalue weighted by Gasteiger charge is 2.17. The van der Waals surface area contributed by atoms with Crippen LogP contribution >= 0.6 is 0 Å². The van der Waals surface area contributed by atoms with E-state index < -0.39 is 11.9 Å². The molecular formula is C12H12N2O3. The van der Waals surface area contributed by atoms with Crippen molar-refractivity contribution in [2.24, 2.45) is 0 Å². The van der Waals surface area contributed by atoms with Crippen molar-refractivity contribution >= 4 is 5.97 Å². The SMILES string of the molecule is CC(C(=O)O)c1cc(=O)n(-c2ccccc2)[nH]1. The molecule has 5 heteroatoms. The Bertz CT molecular complexity index is 583. The van der Waals surface area contributed by atoms with E-state index in [0.717, 1.165) is 0 Å². The monoisotopic (exact) mass is 232 g/mol. The van der Waals surface area contributed by atoms with Crippen LogP contribution in [0.5, 0.6) is 0 Å². The van der Waals surface area contributed by atoms with Crippen molar-refractivity contribution < 1.29 is 9.90 Å². The molecule has 0 saturated carbocycles. The molecule has 1 unspecified atom stereocenters. The lowest BCUT2D eigenvalue weighted by atomic mass is 10.1. The number of rotatable bonds is 3. The zero-order valence-electron chi connectivity index (χ0n) is 9.25. The molecule has 0 aliphatic carbocycles. The minimum atomic E-state index is -0.966. The number of H-pyrrole nitrogens is 1. The fourth-order valence-corrected chi connectivity index (χ4v) is 1.54. The Hall–Kier alpha value is -2.30. The van der Waals surface area contributed by atoms with Crippen molar-refractivity contribution in [3.63, 3.8) is 0 Å². The number of aromatic amines is 1. The molecule has 2 rings (SSSR count). The average molecular weight is 232 g/mol. The van der Waals surface area contributed by atoms with Crippen LogP contribution in [0.1, 0.15) is 18.5 Å². The summed E-state index contributed by atoms with van der Waals surface area (Å²) in [5, 5.41) is 11.7. The van der Waals surface area contributed by atoms with Gasteiger partial charge in [0, 0.05) is 6.07 Å². The van der Waals surface area contributed by atoms with Gasteiger partial charge in [0.05, 0.1) is 17.3 Å². The third-order valence-electron chi connectivity index (χ3n) is 2.59. The first-order valence-corrected chi connectivity index (χ1v) is 5.20. The molecule has 0 aliphatic rings. The van der Waals surface area contributed by atoms with Gasteiger partial charge in [0.2, 0.25) is 0 Å². The fraction of sp³-hybridized carbons (Fsp3) is 0.167. The molecule has 0 fully saturated rings. The highest BCUT2D eigenvalue weighted by Crippen LogP contribution is 2.12. The molecule has 17 heavy (non-hydrogen) atoms. The summed E-state index contributed by atoms with van der Waals surface area (Å²) in [6.07, 6.45) is 0. The van der Waals surface area contributed by atoms with Gasteiger partial charge in [-0.25, -0.2) is 4.68 Å². The fourth-order valence-electron chi connectivity index (χ4n) is 1.54. The van der Waals surface area contributed by atoms with Gasteiger partial charge in [-0.15, -0.1) is 0 Å². The van der Waals surface area contributed by atoms with Crippen molar-refractivity contribution in [3.8, 4) is 5.69 Å². The molecule has 5 nitrogen and oxygen atoms in total. The van der Waals surface area contributed by atoms with E-state index in [2.05, 4.69) is 5.10 Å². The van der Waals surface area contributed by atoms with Gasteiger partial charge < -0.3 is 5.11 Å². The molecule has 1 heterocycles. The van der Waals surface area contributed by atoms with E-state index in [0.29, 0.717) is 11.4 Å². The van der Waals surface area contributed by atoms with Gasteiger partial charge in [-0.05, 0) is 19.1 Å². The molecule has 88 valence electrons. The van der Waals surface area contributed by atoms with Crippen LogP contribution in [0.2, 0.25) is 0 Å². The minimum Gasteiger partial charge on any atom is -0.481 e. The number of nitrogens with one attached hydrogen (secondary N) is 1. The van der Waals surface area contributed by atoms with Gasteiger partial charge >= 0.3 is 5.97 Å². The van der Waals surface area contributed by atoms with Crippen LogP contribution in [-0.2, 0) is 4.79 Å². The summed E-state index contributed by atoms with van der Waals surface area (Å²) in [6, 6.07) is 10.3. The summed E-state index contributed by atoms with van der Waals surface area (Å²) in [4.78, 5) is 22.5. The summed E-state index contributed by atoms with van der Waals surface area (Å²) >= 11 is 0. The molecule has 2 aromatic rings. The number of carboxylic acids is 1. The van der Waals surface area contributed by atoms with Gasteiger partial charge in [-0.2, -0.15) is 0 Å². The third kappa shape index (κ3) is 2.13. The van der Waals surface area contributed by atoms with E-state index in [4.69, 9.17) is 5.11 Å². The number of nitrogens with zero attached hydrogens (tertiary/aromatic N) is 1. The number of hydrogen-bond donors (Lipinski definition) is 2. The zero-order valence-corrected chi connectivity index (χ0v) is 9.25. The maximum absolute atomic E-state index is 11.7. The van der Waals surface area contributed by atoms with E-state index in [1.807, 2.05) is 18.2 Å². The maximum Gasteiger partial charge on any atom is 0.312 e. The van der Waals surface area contributed by atoms with Gasteiger partial charge in [0.25, 0.3) is 5.56 Å². The quantitative estimate of drug-likeness (QED) is 0.838. The lowest BCUT2D eigenvalue weighted by molar-refractivity contribution is -0.138. The number of para-hydroxylation sites is 1. The lowest BCUT2D eigenvalue weighted by Gasteiger charge is -2.04. The van der Waals surface area contributed by atoms with Crippen molar-refractivity contribution in [1.82, 2.24) is 9.78 Å². The standard InChI is InChI=1S/C12H12N2O3/c1-8(12(16)17)10-7-11(15)14(13-10)9-5-3-2-4-6-9/h2-8,13H,1H3,(H,16,17). The Morgan fingerprint density at radius 3 is 2.59 bits per heavy atom. The second-order valence-electron chi connectivity index (χ2n) is 3.78. The summed E-state index contributed by atoms with van der Waals surface area (Å²) in [5.74, 6) is -1.70. The second-order valence-corrected chi connectivity index (χ2v) is 3.78. The predicted octanol–water partition coefficient (Wildman–Crippen LogP) is 1.35. The Labute approximate surface area is 97.3 Å². The predicted molar refractivity (Wildman–Crippen MR) is 62.4 cm³/mol. The normalized spacial score (nSPS) is 12.3. The van der Waals surface area contributed by atoms with Gasteiger partial charge in [0.1, 0.15) is 0 Å². The first-order valence-electron chi connectivity index (χ1n) is 5.20. The Morgan fingerprint density at radius 2 is 2.00 bits per heavy atom. The molecule has 1 aromatic heterocycles. The third-order valence-corrected chi connectivity index (χ3v) is 2.59. The molecule has 2 N–H and O–H groups in total. The summed E-state index contributed by atoms with van der Waals surface area (Å²) in [7, 11) is 0. The van der Waals surface area contributed by atoms with E-state index in [1.54, 1.807) is 12.1 Å². The van der Waals surface area contributed by atoms with Crippen LogP contribution < -0.4 is 5.56 Å². The summed E-state index contributed by atoms with van der Waals surface area (Å²) in [5.41, 5.74) is 0.812. The molecule has 0 amide bonds. The van der Waals surface area contributed by atoms with Gasteiger partial charge in [-0.1, -0.05) is 18.2 Å². The van der Waals surface area contributed by atoms with Gasteiger partial charge in [-0.3, -0.25) is 14.7 Å². The van der Waals surface area contributed by atoms with Crippen LogP contribution in [0.15, 0.2) is 41.2 Å². The molecule has 1 aromatic carbocycles. The molecular weight excluding hydrogens is 220 g/mol. The van der Waals surface area contributed by atoms with Crippen molar-refractivity contribution in [1.29, 1.82) is 0 Å². The van der Waals surface area contributed by atoms with Crippen molar-refractivity contribution in [2.75, 3.05) is 0 Å². The Morgan fingerprint density at radius 1 is 1.35 bits per heavy atom. The Kier molecular flexibility index (Phi) is 2.82. The average Bonchev–Trinajstić information content (AvgIpc) is 2.71. The van der Waals surface area contributed by atoms with Crippen LogP contribution in [0, 0.1) is 0 Å². The number of aliphatic carboxylic acids is 1. The molecule has 0 saturated heterocycles. The van der Waals surface area contributed by atoms with Crippen molar-refractivity contribution in [2.45, 2.75) is 12.8 Å². The smallest absolute Gasteiger partial charge is 0.312 e. The van der Waals surface area contributed by atoms with E-state index in [9.17, 15) is 9.59 Å².